The standard InChI is InChI=1S/C11H14BrNS/c1-11(2)10(13)9-5-8(12)4-3-7(9)6-14-11/h3-5,10H,6,13H2,1-2H3. The maximum absolute atomic E-state index is 6.25. The first-order chi connectivity index (χ1) is 6.50. The number of fused-ring (bicyclic) bond motifs is 1. The van der Waals surface area contributed by atoms with Gasteiger partial charge in [0.2, 0.25) is 0 Å². The first kappa shape index (κ1) is 10.5. The van der Waals surface area contributed by atoms with Crippen molar-refractivity contribution in [2.24, 2.45) is 5.73 Å². The lowest BCUT2D eigenvalue weighted by atomic mass is 9.92. The van der Waals surface area contributed by atoms with E-state index in [1.54, 1.807) is 0 Å². The van der Waals surface area contributed by atoms with Gasteiger partial charge in [0.05, 0.1) is 0 Å². The molecule has 0 saturated heterocycles. The minimum atomic E-state index is 0.133. The van der Waals surface area contributed by atoms with Crippen molar-refractivity contribution in [1.82, 2.24) is 0 Å². The molecule has 0 spiro atoms. The molecule has 1 aromatic carbocycles. The van der Waals surface area contributed by atoms with E-state index in [1.807, 2.05) is 11.8 Å². The third-order valence-corrected chi connectivity index (χ3v) is 4.74. The Morgan fingerprint density at radius 1 is 1.50 bits per heavy atom. The van der Waals surface area contributed by atoms with Gasteiger partial charge in [-0.1, -0.05) is 22.0 Å². The number of hydrogen-bond donors (Lipinski definition) is 1. The van der Waals surface area contributed by atoms with Gasteiger partial charge >= 0.3 is 0 Å². The number of hydrogen-bond acceptors (Lipinski definition) is 2. The highest BCUT2D eigenvalue weighted by Crippen LogP contribution is 2.44. The Morgan fingerprint density at radius 3 is 2.93 bits per heavy atom. The van der Waals surface area contributed by atoms with E-state index in [1.165, 1.54) is 11.1 Å². The maximum Gasteiger partial charge on any atom is 0.0442 e. The Kier molecular flexibility index (Phi) is 2.66. The van der Waals surface area contributed by atoms with Crippen LogP contribution in [0.5, 0.6) is 0 Å². The van der Waals surface area contributed by atoms with Crippen LogP contribution in [-0.2, 0) is 5.75 Å². The van der Waals surface area contributed by atoms with Crippen LogP contribution in [0.1, 0.15) is 31.0 Å². The summed E-state index contributed by atoms with van der Waals surface area (Å²) in [7, 11) is 0. The van der Waals surface area contributed by atoms with Crippen LogP contribution in [0, 0.1) is 0 Å². The fraction of sp³-hybridized carbons (Fsp3) is 0.455. The van der Waals surface area contributed by atoms with Gasteiger partial charge in [-0.25, -0.2) is 0 Å². The Morgan fingerprint density at radius 2 is 2.21 bits per heavy atom. The van der Waals surface area contributed by atoms with Gasteiger partial charge in [-0.15, -0.1) is 11.8 Å². The molecular formula is C11H14BrNS. The summed E-state index contributed by atoms with van der Waals surface area (Å²) in [6.45, 7) is 4.43. The number of thioether (sulfide) groups is 1. The minimum Gasteiger partial charge on any atom is -0.323 e. The van der Waals surface area contributed by atoms with Crippen molar-refractivity contribution in [3.63, 3.8) is 0 Å². The molecule has 1 nitrogen and oxygen atoms in total. The molecule has 0 bridgehead atoms. The van der Waals surface area contributed by atoms with Gasteiger partial charge in [-0.05, 0) is 37.1 Å². The minimum absolute atomic E-state index is 0.133. The highest BCUT2D eigenvalue weighted by molar-refractivity contribution is 9.10. The molecule has 1 heterocycles. The van der Waals surface area contributed by atoms with Crippen LogP contribution in [0.2, 0.25) is 0 Å². The zero-order valence-corrected chi connectivity index (χ0v) is 10.8. The van der Waals surface area contributed by atoms with Crippen LogP contribution in [0.3, 0.4) is 0 Å². The SMILES string of the molecule is CC1(C)SCc2ccc(Br)cc2C1N. The Bertz CT molecular complexity index is 362. The summed E-state index contributed by atoms with van der Waals surface area (Å²) in [6.07, 6.45) is 0. The monoisotopic (exact) mass is 271 g/mol. The summed E-state index contributed by atoms with van der Waals surface area (Å²) in [4.78, 5) is 0. The van der Waals surface area contributed by atoms with E-state index in [9.17, 15) is 0 Å². The van der Waals surface area contributed by atoms with Gasteiger partial charge < -0.3 is 5.73 Å². The predicted molar refractivity (Wildman–Crippen MR) is 66.4 cm³/mol. The van der Waals surface area contributed by atoms with Gasteiger partial charge in [0.15, 0.2) is 0 Å². The average Bonchev–Trinajstić information content (AvgIpc) is 2.13. The molecule has 1 aromatic rings. The van der Waals surface area contributed by atoms with Crippen LogP contribution in [0.15, 0.2) is 22.7 Å². The Balaban J connectivity index is 2.48. The first-order valence-corrected chi connectivity index (χ1v) is 6.46. The van der Waals surface area contributed by atoms with Gasteiger partial charge in [-0.2, -0.15) is 0 Å². The molecule has 0 amide bonds. The van der Waals surface area contributed by atoms with Crippen LogP contribution < -0.4 is 5.73 Å². The Labute approximate surface area is 97.6 Å². The normalized spacial score (nSPS) is 24.4. The topological polar surface area (TPSA) is 26.0 Å². The fourth-order valence-corrected chi connectivity index (χ4v) is 3.19. The molecule has 0 fully saturated rings. The third kappa shape index (κ3) is 1.73. The van der Waals surface area contributed by atoms with Crippen LogP contribution >= 0.6 is 27.7 Å². The van der Waals surface area contributed by atoms with E-state index in [-0.39, 0.29) is 10.8 Å². The second-order valence-corrected chi connectivity index (χ2v) is 6.76. The van der Waals surface area contributed by atoms with E-state index in [0.29, 0.717) is 0 Å². The van der Waals surface area contributed by atoms with Crippen molar-refractivity contribution < 1.29 is 0 Å². The van der Waals surface area contributed by atoms with Gasteiger partial charge in [0.25, 0.3) is 0 Å². The highest BCUT2D eigenvalue weighted by Gasteiger charge is 2.33. The summed E-state index contributed by atoms with van der Waals surface area (Å²) in [5, 5.41) is 0. The largest absolute Gasteiger partial charge is 0.323 e. The second-order valence-electron chi connectivity index (χ2n) is 4.21. The molecule has 14 heavy (non-hydrogen) atoms. The predicted octanol–water partition coefficient (Wildman–Crippen LogP) is 3.47. The summed E-state index contributed by atoms with van der Waals surface area (Å²) in [5.41, 5.74) is 8.93. The quantitative estimate of drug-likeness (QED) is 0.782. The van der Waals surface area contributed by atoms with E-state index >= 15 is 0 Å². The average molecular weight is 272 g/mol. The van der Waals surface area contributed by atoms with E-state index in [2.05, 4.69) is 48.0 Å². The van der Waals surface area contributed by atoms with Crippen molar-refractivity contribution >= 4 is 27.7 Å². The van der Waals surface area contributed by atoms with Crippen molar-refractivity contribution in [2.45, 2.75) is 30.4 Å². The molecular weight excluding hydrogens is 258 g/mol. The molecule has 0 aliphatic carbocycles. The number of benzene rings is 1. The van der Waals surface area contributed by atoms with Crippen molar-refractivity contribution in [3.8, 4) is 0 Å². The zero-order valence-electron chi connectivity index (χ0n) is 8.38. The molecule has 0 aromatic heterocycles. The lowest BCUT2D eigenvalue weighted by molar-refractivity contribution is 0.552. The summed E-state index contributed by atoms with van der Waals surface area (Å²) in [6, 6.07) is 6.54. The smallest absolute Gasteiger partial charge is 0.0442 e. The molecule has 0 saturated carbocycles. The first-order valence-electron chi connectivity index (χ1n) is 4.68. The lowest BCUT2D eigenvalue weighted by Gasteiger charge is -2.37. The molecule has 3 heteroatoms. The van der Waals surface area contributed by atoms with E-state index in [4.69, 9.17) is 5.73 Å². The zero-order chi connectivity index (χ0) is 10.3. The van der Waals surface area contributed by atoms with Crippen molar-refractivity contribution in [3.05, 3.63) is 33.8 Å². The van der Waals surface area contributed by atoms with Crippen molar-refractivity contribution in [2.75, 3.05) is 0 Å². The van der Waals surface area contributed by atoms with Crippen LogP contribution in [0.25, 0.3) is 0 Å². The molecule has 1 aliphatic heterocycles. The lowest BCUT2D eigenvalue weighted by Crippen LogP contribution is -2.36. The molecule has 2 rings (SSSR count). The number of halogens is 1. The molecule has 2 N–H and O–H groups in total. The summed E-state index contributed by atoms with van der Waals surface area (Å²) < 4.78 is 1.27. The molecule has 1 aliphatic rings. The van der Waals surface area contributed by atoms with E-state index < -0.39 is 0 Å². The number of nitrogens with two attached hydrogens (primary N) is 1. The third-order valence-electron chi connectivity index (χ3n) is 2.79. The van der Waals surface area contributed by atoms with Gasteiger partial charge in [-0.3, -0.25) is 0 Å². The molecule has 76 valence electrons. The summed E-state index contributed by atoms with van der Waals surface area (Å²) in [5.74, 6) is 1.07. The second kappa shape index (κ2) is 3.54. The molecule has 1 unspecified atom stereocenters. The van der Waals surface area contributed by atoms with E-state index in [0.717, 1.165) is 10.2 Å². The van der Waals surface area contributed by atoms with Crippen LogP contribution in [0.4, 0.5) is 0 Å². The highest BCUT2D eigenvalue weighted by atomic mass is 79.9. The number of rotatable bonds is 0. The fourth-order valence-electron chi connectivity index (χ4n) is 1.71. The Hall–Kier alpha value is 0.01000. The maximum atomic E-state index is 6.25. The van der Waals surface area contributed by atoms with Crippen LogP contribution in [-0.4, -0.2) is 4.75 Å². The summed E-state index contributed by atoms with van der Waals surface area (Å²) >= 11 is 5.43. The van der Waals surface area contributed by atoms with Crippen molar-refractivity contribution in [1.29, 1.82) is 0 Å². The molecule has 0 radical (unpaired) electrons. The van der Waals surface area contributed by atoms with Gasteiger partial charge in [0, 0.05) is 21.0 Å². The molecule has 1 atom stereocenters. The van der Waals surface area contributed by atoms with Gasteiger partial charge in [0.1, 0.15) is 0 Å².